The molecule has 0 radical (unpaired) electrons. The highest BCUT2D eigenvalue weighted by Gasteiger charge is 2.29. The average molecular weight is 1070 g/mol. The number of aromatic nitrogens is 2. The van der Waals surface area contributed by atoms with Gasteiger partial charge in [-0.3, -0.25) is 19.8 Å². The van der Waals surface area contributed by atoms with Crippen molar-refractivity contribution in [2.45, 2.75) is 76.3 Å². The molecule has 0 aliphatic carbocycles. The molecule has 71 heavy (non-hydrogen) atoms. The molecule has 376 valence electrons. The third-order valence-electron chi connectivity index (χ3n) is 9.48. The van der Waals surface area contributed by atoms with Gasteiger partial charge in [-0.1, -0.05) is 12.1 Å². The number of hydrogen-bond donors (Lipinski definition) is 5. The lowest BCUT2D eigenvalue weighted by molar-refractivity contribution is -0.115. The zero-order valence-electron chi connectivity index (χ0n) is 40.0. The van der Waals surface area contributed by atoms with Crippen molar-refractivity contribution in [2.24, 2.45) is 0 Å². The number of nitrogens with one attached hydrogen (secondary N) is 5. The smallest absolute Gasteiger partial charge is 0.414 e. The molecule has 4 aromatic carbocycles. The number of rotatable bonds is 14. The highest BCUT2D eigenvalue weighted by atomic mass is 35.5. The minimum Gasteiger partial charge on any atom is -0.448 e. The average Bonchev–Trinajstić information content (AvgIpc) is 4.07. The summed E-state index contributed by atoms with van der Waals surface area (Å²) in [5, 5.41) is 9.25. The molecule has 5 N–H and O–H groups in total. The number of hydrogen-bond acceptors (Lipinski definition) is 14. The van der Waals surface area contributed by atoms with Gasteiger partial charge in [-0.2, -0.15) is 0 Å². The molecular weight excluding hydrogens is 1010 g/mol. The molecule has 7 rings (SSSR count). The van der Waals surface area contributed by atoms with E-state index in [1.54, 1.807) is 107 Å². The van der Waals surface area contributed by atoms with Gasteiger partial charge in [-0.05, 0) is 114 Å². The Morgan fingerprint density at radius 1 is 0.676 bits per heavy atom. The number of amides is 4. The molecule has 4 amide bonds. The van der Waals surface area contributed by atoms with Crippen LogP contribution in [0.3, 0.4) is 0 Å². The first-order chi connectivity index (χ1) is 33.3. The topological polar surface area (TPSA) is 244 Å². The van der Waals surface area contributed by atoms with E-state index < -0.39 is 37.2 Å². The fourth-order valence-corrected chi connectivity index (χ4v) is 12.3. The summed E-state index contributed by atoms with van der Waals surface area (Å²) in [5.41, 5.74) is 3.22. The SMILES string of the molecule is CC(=O)Nc1ccc(-c2cnc(-c3ccc(N4CCOC4=O)cc3)s2)c(S(=O)(=O)NC(C)(C)C)c1.CC(=O)Nc1ccc(-c2cnc(-c3ccc(NC(=O)OCCCl)cc3)s2)c(S(=O)(=O)NC(C)(C)C)c1. The van der Waals surface area contributed by atoms with Gasteiger partial charge in [-0.25, -0.2) is 45.8 Å². The number of anilines is 4. The predicted molar refractivity (Wildman–Crippen MR) is 279 cm³/mol. The lowest BCUT2D eigenvalue weighted by atomic mass is 10.1. The van der Waals surface area contributed by atoms with Crippen LogP contribution in [0, 0.1) is 0 Å². The molecule has 3 heterocycles. The number of carbonyl (C=O) groups excluding carboxylic acids is 4. The molecule has 2 aromatic heterocycles. The van der Waals surface area contributed by atoms with E-state index in [1.807, 2.05) is 24.3 Å². The highest BCUT2D eigenvalue weighted by molar-refractivity contribution is 7.90. The normalized spacial score (nSPS) is 12.9. The third-order valence-corrected chi connectivity index (χ3v) is 15.4. The van der Waals surface area contributed by atoms with Gasteiger partial charge in [0, 0.05) is 82.3 Å². The molecule has 0 saturated carbocycles. The molecular formula is C48H53ClN8O10S4. The first-order valence-electron chi connectivity index (χ1n) is 21.8. The number of thiazole rings is 2. The summed E-state index contributed by atoms with van der Waals surface area (Å²) in [6, 6.07) is 23.9. The van der Waals surface area contributed by atoms with E-state index in [-0.39, 0.29) is 40.2 Å². The van der Waals surface area contributed by atoms with Gasteiger partial charge in [0.2, 0.25) is 31.9 Å². The minimum atomic E-state index is -3.92. The molecule has 0 unspecified atom stereocenters. The van der Waals surface area contributed by atoms with Crippen molar-refractivity contribution < 1.29 is 45.5 Å². The standard InChI is InChI=1S/C24H27ClN4O5S2.C24H26N4O5S2/c1-15(30)27-18-9-10-19(21(13-18)36(32,33)29-24(2,3)4)20-14-26-22(35-20)16-5-7-17(8-6-16)28-23(31)34-12-11-25;1-15(29)26-17-7-10-19(21(13-17)35(31,32)27-24(2,3)4)20-14-25-22(34-20)16-5-8-18(9-6-16)28-11-12-33-23(28)30/h5-10,13-14,29H,11-12H2,1-4H3,(H,27,30)(H,28,31);5-10,13-14,27H,11-12H2,1-4H3,(H,26,29). The zero-order valence-corrected chi connectivity index (χ0v) is 44.0. The Kier molecular flexibility index (Phi) is 17.1. The van der Waals surface area contributed by atoms with Crippen molar-refractivity contribution in [2.75, 3.05) is 46.5 Å². The molecule has 0 atom stereocenters. The lowest BCUT2D eigenvalue weighted by Crippen LogP contribution is -2.40. The van der Waals surface area contributed by atoms with Gasteiger partial charge in [0.25, 0.3) is 0 Å². The maximum absolute atomic E-state index is 13.3. The molecule has 1 aliphatic rings. The van der Waals surface area contributed by atoms with Crippen molar-refractivity contribution in [3.63, 3.8) is 0 Å². The van der Waals surface area contributed by atoms with Gasteiger partial charge in [0.1, 0.15) is 23.2 Å². The monoisotopic (exact) mass is 1060 g/mol. The Bertz CT molecular complexity index is 3150. The minimum absolute atomic E-state index is 0.0360. The van der Waals surface area contributed by atoms with Crippen LogP contribution in [0.15, 0.2) is 107 Å². The van der Waals surface area contributed by atoms with Crippen LogP contribution in [0.4, 0.5) is 32.3 Å². The lowest BCUT2D eigenvalue weighted by Gasteiger charge is -2.22. The van der Waals surface area contributed by atoms with Crippen LogP contribution in [0.2, 0.25) is 0 Å². The van der Waals surface area contributed by atoms with Gasteiger partial charge in [0.15, 0.2) is 0 Å². The number of ether oxygens (including phenoxy) is 2. The summed E-state index contributed by atoms with van der Waals surface area (Å²) in [4.78, 5) is 58.5. The Morgan fingerprint density at radius 2 is 1.11 bits per heavy atom. The first kappa shape index (κ1) is 54.1. The second kappa shape index (κ2) is 22.4. The molecule has 0 bridgehead atoms. The van der Waals surface area contributed by atoms with Crippen molar-refractivity contribution in [1.29, 1.82) is 0 Å². The van der Waals surface area contributed by atoms with E-state index in [0.29, 0.717) is 61.1 Å². The molecule has 23 heteroatoms. The van der Waals surface area contributed by atoms with E-state index in [2.05, 4.69) is 35.4 Å². The van der Waals surface area contributed by atoms with Crippen LogP contribution in [-0.4, -0.2) is 87.5 Å². The number of carbonyl (C=O) groups is 4. The number of benzene rings is 4. The van der Waals surface area contributed by atoms with Gasteiger partial charge >= 0.3 is 12.2 Å². The van der Waals surface area contributed by atoms with Crippen LogP contribution in [0.1, 0.15) is 55.4 Å². The van der Waals surface area contributed by atoms with Crippen LogP contribution in [-0.2, 0) is 39.1 Å². The number of cyclic esters (lactones) is 1. The number of halogens is 1. The summed E-state index contributed by atoms with van der Waals surface area (Å²) in [5.74, 6) is -0.389. The molecule has 1 saturated heterocycles. The summed E-state index contributed by atoms with van der Waals surface area (Å²) < 4.78 is 68.3. The van der Waals surface area contributed by atoms with Gasteiger partial charge < -0.3 is 20.1 Å². The quantitative estimate of drug-likeness (QED) is 0.0640. The van der Waals surface area contributed by atoms with E-state index in [1.165, 1.54) is 48.7 Å². The summed E-state index contributed by atoms with van der Waals surface area (Å²) in [6.45, 7) is 14.3. The van der Waals surface area contributed by atoms with E-state index in [9.17, 15) is 36.0 Å². The first-order valence-corrected chi connectivity index (χ1v) is 26.9. The fraction of sp³-hybridized carbons (Fsp3) is 0.292. The Labute approximate surface area is 425 Å². The maximum Gasteiger partial charge on any atom is 0.414 e. The molecule has 18 nitrogen and oxygen atoms in total. The molecule has 1 fully saturated rings. The fourth-order valence-electron chi connectivity index (χ4n) is 6.83. The maximum atomic E-state index is 13.3. The van der Waals surface area contributed by atoms with Crippen LogP contribution < -0.4 is 30.3 Å². The second-order valence-electron chi connectivity index (χ2n) is 17.9. The summed E-state index contributed by atoms with van der Waals surface area (Å²) in [6.07, 6.45) is 2.28. The van der Waals surface area contributed by atoms with E-state index >= 15 is 0 Å². The van der Waals surface area contributed by atoms with E-state index in [4.69, 9.17) is 21.1 Å². The molecule has 6 aromatic rings. The van der Waals surface area contributed by atoms with Crippen LogP contribution >= 0.6 is 34.3 Å². The Balaban J connectivity index is 0.000000232. The number of sulfonamides is 2. The third kappa shape index (κ3) is 14.9. The van der Waals surface area contributed by atoms with Gasteiger partial charge in [0.05, 0.1) is 32.0 Å². The predicted octanol–water partition coefficient (Wildman–Crippen LogP) is 9.77. The van der Waals surface area contributed by atoms with Crippen molar-refractivity contribution in [1.82, 2.24) is 19.4 Å². The largest absolute Gasteiger partial charge is 0.448 e. The molecule has 1 aliphatic heterocycles. The molecule has 0 spiro atoms. The summed E-state index contributed by atoms with van der Waals surface area (Å²) in [7, 11) is -7.82. The van der Waals surface area contributed by atoms with E-state index in [0.717, 1.165) is 16.8 Å². The van der Waals surface area contributed by atoms with Gasteiger partial charge in [-0.15, -0.1) is 34.3 Å². The van der Waals surface area contributed by atoms with Crippen molar-refractivity contribution >= 4 is 101 Å². The Hall–Kier alpha value is -6.27. The van der Waals surface area contributed by atoms with Crippen LogP contribution in [0.5, 0.6) is 0 Å². The highest BCUT2D eigenvalue weighted by Crippen LogP contribution is 2.39. The Morgan fingerprint density at radius 3 is 1.51 bits per heavy atom. The number of alkyl halides is 1. The van der Waals surface area contributed by atoms with Crippen molar-refractivity contribution in [3.05, 3.63) is 97.3 Å². The summed E-state index contributed by atoms with van der Waals surface area (Å²) >= 11 is 8.18. The van der Waals surface area contributed by atoms with Crippen LogP contribution in [0.25, 0.3) is 42.0 Å². The number of nitrogens with zero attached hydrogens (tertiary/aromatic N) is 3. The zero-order chi connectivity index (χ0) is 51.9. The van der Waals surface area contributed by atoms with Crippen molar-refractivity contribution in [3.8, 4) is 42.0 Å². The second-order valence-corrected chi connectivity index (χ2v) is 23.6.